The average molecular weight is 522 g/mol. The van der Waals surface area contributed by atoms with Crippen LogP contribution in [-0.2, 0) is 34.0 Å². The van der Waals surface area contributed by atoms with Gasteiger partial charge in [-0.25, -0.2) is 13.8 Å². The lowest BCUT2D eigenvalue weighted by atomic mass is 10.1. The summed E-state index contributed by atoms with van der Waals surface area (Å²) in [5, 5.41) is 5.62. The Balaban J connectivity index is 1.33. The van der Waals surface area contributed by atoms with Crippen LogP contribution in [0.1, 0.15) is 23.6 Å². The van der Waals surface area contributed by atoms with Crippen LogP contribution in [0, 0.1) is 11.6 Å². The standard InChI is InChI=1S/C28H25F2N3O3S/c1-18(32-26(34)13-20-11-22(29)14-23(30)12-20)27(35)33-28-31-15-25(37-28)24-10-6-5-9-21(24)17-36-16-19-7-3-2-4-8-19/h2-12,14-15,18H,13,16-17H2,1H3,(H,32,34)(H,31,33,35). The first-order valence-electron chi connectivity index (χ1n) is 11.6. The third kappa shape index (κ3) is 7.52. The predicted octanol–water partition coefficient (Wildman–Crippen LogP) is 5.49. The fourth-order valence-electron chi connectivity index (χ4n) is 3.67. The lowest BCUT2D eigenvalue weighted by Crippen LogP contribution is -2.42. The van der Waals surface area contributed by atoms with Crippen molar-refractivity contribution in [2.24, 2.45) is 0 Å². The van der Waals surface area contributed by atoms with Crippen LogP contribution in [0.4, 0.5) is 13.9 Å². The summed E-state index contributed by atoms with van der Waals surface area (Å²) in [5.74, 6) is -2.52. The fraction of sp³-hybridized carbons (Fsp3) is 0.179. The molecule has 9 heteroatoms. The predicted molar refractivity (Wildman–Crippen MR) is 139 cm³/mol. The lowest BCUT2D eigenvalue weighted by Gasteiger charge is -2.13. The maximum Gasteiger partial charge on any atom is 0.248 e. The average Bonchev–Trinajstić information content (AvgIpc) is 3.32. The van der Waals surface area contributed by atoms with Crippen molar-refractivity contribution in [2.75, 3.05) is 5.32 Å². The van der Waals surface area contributed by atoms with Gasteiger partial charge in [0.25, 0.3) is 0 Å². The van der Waals surface area contributed by atoms with Crippen LogP contribution in [0.15, 0.2) is 79.0 Å². The maximum absolute atomic E-state index is 13.3. The van der Waals surface area contributed by atoms with Crippen LogP contribution in [0.2, 0.25) is 0 Å². The zero-order chi connectivity index (χ0) is 26.2. The molecule has 0 radical (unpaired) electrons. The molecule has 2 N–H and O–H groups in total. The van der Waals surface area contributed by atoms with Crippen LogP contribution in [-0.4, -0.2) is 22.8 Å². The van der Waals surface area contributed by atoms with Crippen molar-refractivity contribution >= 4 is 28.3 Å². The summed E-state index contributed by atoms with van der Waals surface area (Å²) in [4.78, 5) is 30.0. The van der Waals surface area contributed by atoms with Gasteiger partial charge in [0.2, 0.25) is 11.8 Å². The summed E-state index contributed by atoms with van der Waals surface area (Å²) in [6, 6.07) is 19.8. The molecule has 1 atom stereocenters. The van der Waals surface area contributed by atoms with Gasteiger partial charge in [0.1, 0.15) is 17.7 Å². The second-order valence-corrected chi connectivity index (χ2v) is 9.43. The van der Waals surface area contributed by atoms with Crippen molar-refractivity contribution in [1.82, 2.24) is 10.3 Å². The van der Waals surface area contributed by atoms with E-state index in [2.05, 4.69) is 15.6 Å². The van der Waals surface area contributed by atoms with E-state index in [1.165, 1.54) is 18.3 Å². The topological polar surface area (TPSA) is 80.3 Å². The monoisotopic (exact) mass is 521 g/mol. The molecule has 2 amide bonds. The van der Waals surface area contributed by atoms with Gasteiger partial charge in [0, 0.05) is 12.3 Å². The van der Waals surface area contributed by atoms with E-state index in [0.29, 0.717) is 18.3 Å². The summed E-state index contributed by atoms with van der Waals surface area (Å²) < 4.78 is 32.6. The Bertz CT molecular complexity index is 1360. The number of amides is 2. The molecule has 0 saturated heterocycles. The number of halogens is 2. The van der Waals surface area contributed by atoms with Gasteiger partial charge in [-0.2, -0.15) is 0 Å². The van der Waals surface area contributed by atoms with E-state index in [0.717, 1.165) is 39.8 Å². The summed E-state index contributed by atoms with van der Waals surface area (Å²) in [6.07, 6.45) is 1.43. The SMILES string of the molecule is CC(NC(=O)Cc1cc(F)cc(F)c1)C(=O)Nc1ncc(-c2ccccc2COCc2ccccc2)s1. The van der Waals surface area contributed by atoms with E-state index in [1.54, 1.807) is 6.20 Å². The Kier molecular flexibility index (Phi) is 8.71. The van der Waals surface area contributed by atoms with Crippen LogP contribution < -0.4 is 10.6 Å². The molecule has 0 fully saturated rings. The molecular weight excluding hydrogens is 496 g/mol. The molecule has 4 aromatic rings. The van der Waals surface area contributed by atoms with Gasteiger partial charge >= 0.3 is 0 Å². The minimum Gasteiger partial charge on any atom is -0.372 e. The molecular formula is C28H25F2N3O3S. The van der Waals surface area contributed by atoms with Crippen molar-refractivity contribution in [3.63, 3.8) is 0 Å². The van der Waals surface area contributed by atoms with Crippen LogP contribution in [0.3, 0.4) is 0 Å². The lowest BCUT2D eigenvalue weighted by molar-refractivity contribution is -0.125. The molecule has 1 heterocycles. The number of carbonyl (C=O) groups excluding carboxylic acids is 2. The largest absolute Gasteiger partial charge is 0.372 e. The molecule has 0 aliphatic carbocycles. The molecule has 0 aliphatic rings. The van der Waals surface area contributed by atoms with Crippen molar-refractivity contribution < 1.29 is 23.1 Å². The molecule has 0 spiro atoms. The number of hydrogen-bond acceptors (Lipinski definition) is 5. The quantitative estimate of drug-likeness (QED) is 0.289. The van der Waals surface area contributed by atoms with Gasteiger partial charge in [0.15, 0.2) is 5.13 Å². The zero-order valence-electron chi connectivity index (χ0n) is 20.0. The highest BCUT2D eigenvalue weighted by Gasteiger charge is 2.18. The molecule has 0 bridgehead atoms. The van der Waals surface area contributed by atoms with E-state index in [4.69, 9.17) is 4.74 Å². The maximum atomic E-state index is 13.3. The Morgan fingerprint density at radius 2 is 1.65 bits per heavy atom. The third-order valence-electron chi connectivity index (χ3n) is 5.45. The first-order chi connectivity index (χ1) is 17.9. The van der Waals surface area contributed by atoms with E-state index in [9.17, 15) is 18.4 Å². The Labute approximate surface area is 217 Å². The van der Waals surface area contributed by atoms with Gasteiger partial charge in [-0.15, -0.1) is 0 Å². The summed E-state index contributed by atoms with van der Waals surface area (Å²) >= 11 is 1.31. The molecule has 1 unspecified atom stereocenters. The van der Waals surface area contributed by atoms with E-state index in [-0.39, 0.29) is 12.0 Å². The highest BCUT2D eigenvalue weighted by atomic mass is 32.1. The Morgan fingerprint density at radius 3 is 2.41 bits per heavy atom. The third-order valence-corrected chi connectivity index (χ3v) is 6.39. The van der Waals surface area contributed by atoms with Crippen molar-refractivity contribution in [3.8, 4) is 10.4 Å². The minimum absolute atomic E-state index is 0.179. The van der Waals surface area contributed by atoms with E-state index < -0.39 is 29.5 Å². The fourth-order valence-corrected chi connectivity index (χ4v) is 4.55. The smallest absolute Gasteiger partial charge is 0.248 e. The van der Waals surface area contributed by atoms with Crippen LogP contribution in [0.25, 0.3) is 10.4 Å². The normalized spacial score (nSPS) is 11.6. The molecule has 37 heavy (non-hydrogen) atoms. The second-order valence-electron chi connectivity index (χ2n) is 8.40. The summed E-state index contributed by atoms with van der Waals surface area (Å²) in [5.41, 5.74) is 3.22. The minimum atomic E-state index is -0.878. The first kappa shape index (κ1) is 26.1. The zero-order valence-corrected chi connectivity index (χ0v) is 20.9. The summed E-state index contributed by atoms with van der Waals surface area (Å²) in [6.45, 7) is 2.44. The number of rotatable bonds is 10. The number of ether oxygens (including phenoxy) is 1. The van der Waals surface area contributed by atoms with Crippen LogP contribution in [0.5, 0.6) is 0 Å². The van der Waals surface area contributed by atoms with E-state index >= 15 is 0 Å². The van der Waals surface area contributed by atoms with Gasteiger partial charge in [-0.1, -0.05) is 65.9 Å². The number of carbonyl (C=O) groups is 2. The molecule has 3 aromatic carbocycles. The Hall–Kier alpha value is -3.95. The van der Waals surface area contributed by atoms with Crippen molar-refractivity contribution in [2.45, 2.75) is 32.6 Å². The Morgan fingerprint density at radius 1 is 0.946 bits per heavy atom. The number of nitrogens with one attached hydrogen (secondary N) is 2. The second kappa shape index (κ2) is 12.3. The molecule has 1 aromatic heterocycles. The molecule has 0 saturated carbocycles. The van der Waals surface area contributed by atoms with Gasteiger partial charge in [-0.3, -0.25) is 9.59 Å². The number of thiazole rings is 1. The van der Waals surface area contributed by atoms with Crippen molar-refractivity contribution in [1.29, 1.82) is 0 Å². The molecule has 4 rings (SSSR count). The number of hydrogen-bond donors (Lipinski definition) is 2. The molecule has 190 valence electrons. The number of anilines is 1. The van der Waals surface area contributed by atoms with Gasteiger partial charge in [0.05, 0.1) is 24.5 Å². The number of aromatic nitrogens is 1. The highest BCUT2D eigenvalue weighted by Crippen LogP contribution is 2.32. The van der Waals surface area contributed by atoms with Crippen LogP contribution >= 0.6 is 11.3 Å². The van der Waals surface area contributed by atoms with Gasteiger partial charge in [-0.05, 0) is 41.3 Å². The number of nitrogens with zero attached hydrogens (tertiary/aromatic N) is 1. The first-order valence-corrected chi connectivity index (χ1v) is 12.4. The van der Waals surface area contributed by atoms with E-state index in [1.807, 2.05) is 54.6 Å². The summed E-state index contributed by atoms with van der Waals surface area (Å²) in [7, 11) is 0. The van der Waals surface area contributed by atoms with Crippen molar-refractivity contribution in [3.05, 3.63) is 107 Å². The highest BCUT2D eigenvalue weighted by molar-refractivity contribution is 7.19. The molecule has 0 aliphatic heterocycles. The number of benzene rings is 3. The van der Waals surface area contributed by atoms with Gasteiger partial charge < -0.3 is 15.4 Å². The molecule has 6 nitrogen and oxygen atoms in total.